The second-order valence-electron chi connectivity index (χ2n) is 1.62. The van der Waals surface area contributed by atoms with Gasteiger partial charge in [-0.15, -0.1) is 0 Å². The number of hydrogen-bond acceptors (Lipinski definition) is 5. The van der Waals surface area contributed by atoms with Crippen LogP contribution in [0.4, 0.5) is 0 Å². The molecule has 1 rings (SSSR count). The van der Waals surface area contributed by atoms with Crippen molar-refractivity contribution >= 4 is 27.9 Å². The highest BCUT2D eigenvalue weighted by Gasteiger charge is 1.90. The lowest BCUT2D eigenvalue weighted by molar-refractivity contribution is 0.625. The van der Waals surface area contributed by atoms with E-state index >= 15 is 0 Å². The third-order valence-electron chi connectivity index (χ3n) is 0.925. The van der Waals surface area contributed by atoms with Gasteiger partial charge < -0.3 is 0 Å². The van der Waals surface area contributed by atoms with Crippen LogP contribution in [0.3, 0.4) is 0 Å². The molecule has 0 aliphatic heterocycles. The Morgan fingerprint density at radius 2 is 2.45 bits per heavy atom. The topological polar surface area (TPSA) is 80.6 Å². The summed E-state index contributed by atoms with van der Waals surface area (Å²) in [6.07, 6.45) is 0. The molecular weight excluding hydrogens is 188 g/mol. The Morgan fingerprint density at radius 1 is 1.73 bits per heavy atom. The fraction of sp³-hybridized carbons (Fsp3) is 0.333. The van der Waals surface area contributed by atoms with Crippen LogP contribution in [-0.4, -0.2) is 34.0 Å². The molecule has 0 saturated heterocycles. The van der Waals surface area contributed by atoms with E-state index in [9.17, 15) is 8.42 Å². The van der Waals surface area contributed by atoms with Crippen molar-refractivity contribution in [3.05, 3.63) is 4.77 Å². The van der Waals surface area contributed by atoms with E-state index in [1.807, 2.05) is 0 Å². The fourth-order valence-electron chi connectivity index (χ4n) is 0.470. The molecule has 0 saturated carbocycles. The second-order valence-corrected chi connectivity index (χ2v) is 2.84. The van der Waals surface area contributed by atoms with Crippen LogP contribution in [0.5, 0.6) is 0 Å². The van der Waals surface area contributed by atoms with E-state index in [1.54, 1.807) is 0 Å². The van der Waals surface area contributed by atoms with Crippen LogP contribution in [0, 0.1) is 4.77 Å². The van der Waals surface area contributed by atoms with Crippen LogP contribution in [-0.2, 0) is 16.8 Å². The Bertz CT molecular complexity index is 405. The number of nitrogens with zero attached hydrogens (tertiary/aromatic N) is 3. The predicted octanol–water partition coefficient (Wildman–Crippen LogP) is -0.983. The van der Waals surface area contributed by atoms with Crippen LogP contribution in [0.1, 0.15) is 0 Å². The van der Waals surface area contributed by atoms with Gasteiger partial charge in [-0.1, -0.05) is 10.3 Å². The van der Waals surface area contributed by atoms with E-state index in [1.165, 1.54) is 4.68 Å². The third kappa shape index (κ3) is 2.24. The minimum Gasteiger partial charge on any atom is -0.238 e. The number of nitrogens with one attached hydrogen (secondary N) is 1. The van der Waals surface area contributed by atoms with E-state index in [0.29, 0.717) is 0 Å². The first kappa shape index (κ1) is 8.08. The van der Waals surface area contributed by atoms with Gasteiger partial charge in [-0.25, -0.2) is 4.68 Å². The van der Waals surface area contributed by atoms with Crippen molar-refractivity contribution in [2.24, 2.45) is 0 Å². The zero-order chi connectivity index (χ0) is 8.27. The SMILES string of the molecule is O=S(=O)=CCn1[nH]nnc1=S. The molecule has 0 radical (unpaired) electrons. The predicted molar refractivity (Wildman–Crippen MR) is 40.2 cm³/mol. The highest BCUT2D eigenvalue weighted by atomic mass is 32.2. The maximum atomic E-state index is 10.0. The first-order chi connectivity index (χ1) is 5.20. The van der Waals surface area contributed by atoms with Gasteiger partial charge in [0.05, 0.1) is 11.9 Å². The molecule has 0 unspecified atom stereocenters. The highest BCUT2D eigenvalue weighted by molar-refractivity contribution is 7.71. The van der Waals surface area contributed by atoms with Crippen molar-refractivity contribution in [2.45, 2.75) is 6.54 Å². The summed E-state index contributed by atoms with van der Waals surface area (Å²) < 4.78 is 21.6. The molecule has 0 spiro atoms. The molecule has 0 aliphatic rings. The van der Waals surface area contributed by atoms with Gasteiger partial charge in [0.2, 0.25) is 15.1 Å². The van der Waals surface area contributed by atoms with Gasteiger partial charge in [0.1, 0.15) is 0 Å². The number of H-pyrrole nitrogens is 1. The maximum absolute atomic E-state index is 10.0. The van der Waals surface area contributed by atoms with Gasteiger partial charge in [-0.2, -0.15) is 13.6 Å². The molecule has 1 aromatic heterocycles. The van der Waals surface area contributed by atoms with Gasteiger partial charge in [0.15, 0.2) is 0 Å². The molecule has 6 nitrogen and oxygen atoms in total. The average Bonchev–Trinajstić information content (AvgIpc) is 2.31. The normalized spacial score (nSPS) is 9.45. The molecule has 0 atom stereocenters. The zero-order valence-electron chi connectivity index (χ0n) is 5.26. The van der Waals surface area contributed by atoms with Gasteiger partial charge in [-0.05, 0) is 12.2 Å². The lowest BCUT2D eigenvalue weighted by Gasteiger charge is -1.88. The van der Waals surface area contributed by atoms with Gasteiger partial charge in [0, 0.05) is 0 Å². The largest absolute Gasteiger partial charge is 0.238 e. The molecule has 0 aliphatic carbocycles. The maximum Gasteiger partial charge on any atom is 0.238 e. The zero-order valence-corrected chi connectivity index (χ0v) is 6.89. The number of hydrogen-bond donors (Lipinski definition) is 1. The lowest BCUT2D eigenvalue weighted by Crippen LogP contribution is -2.01. The first-order valence-corrected chi connectivity index (χ1v) is 4.14. The molecule has 0 amide bonds. The molecule has 0 bridgehead atoms. The van der Waals surface area contributed by atoms with Crippen LogP contribution >= 0.6 is 12.2 Å². The second kappa shape index (κ2) is 3.39. The van der Waals surface area contributed by atoms with Crippen molar-refractivity contribution < 1.29 is 8.42 Å². The number of aromatic amines is 1. The minimum atomic E-state index is -2.18. The molecule has 60 valence electrons. The van der Waals surface area contributed by atoms with Crippen LogP contribution in [0.15, 0.2) is 0 Å². The average molecular weight is 192 g/mol. The van der Waals surface area contributed by atoms with E-state index in [-0.39, 0.29) is 11.3 Å². The number of rotatable bonds is 2. The van der Waals surface area contributed by atoms with Crippen molar-refractivity contribution in [1.82, 2.24) is 20.2 Å². The lowest BCUT2D eigenvalue weighted by atomic mass is 10.8. The van der Waals surface area contributed by atoms with Gasteiger partial charge in [-0.3, -0.25) is 0 Å². The highest BCUT2D eigenvalue weighted by Crippen LogP contribution is 1.78. The Labute approximate surface area is 68.4 Å². The monoisotopic (exact) mass is 192 g/mol. The Morgan fingerprint density at radius 3 is 2.91 bits per heavy atom. The van der Waals surface area contributed by atoms with Crippen molar-refractivity contribution in [1.29, 1.82) is 0 Å². The quantitative estimate of drug-likeness (QED) is 0.609. The van der Waals surface area contributed by atoms with E-state index in [2.05, 4.69) is 27.7 Å². The van der Waals surface area contributed by atoms with E-state index < -0.39 is 10.3 Å². The van der Waals surface area contributed by atoms with E-state index in [4.69, 9.17) is 0 Å². The van der Waals surface area contributed by atoms with Gasteiger partial charge >= 0.3 is 0 Å². The van der Waals surface area contributed by atoms with Crippen LogP contribution in [0.25, 0.3) is 0 Å². The molecule has 1 N–H and O–H groups in total. The summed E-state index contributed by atoms with van der Waals surface area (Å²) in [6.45, 7) is 0.141. The van der Waals surface area contributed by atoms with E-state index in [0.717, 1.165) is 5.37 Å². The van der Waals surface area contributed by atoms with Crippen LogP contribution in [0.2, 0.25) is 0 Å². The number of tetrazole rings is 1. The standard InChI is InChI=1S/C3H4N4O2S2/c8-11(9)2-1-7-3(10)4-5-6-7/h2H,1H2,(H,4,6,10). The molecular formula is C3H4N4O2S2. The molecule has 8 heteroatoms. The summed E-state index contributed by atoms with van der Waals surface area (Å²) in [5, 5.41) is 10.3. The summed E-state index contributed by atoms with van der Waals surface area (Å²) in [4.78, 5) is 0. The first-order valence-electron chi connectivity index (χ1n) is 2.59. The Kier molecular flexibility index (Phi) is 2.49. The molecule has 1 aromatic rings. The summed E-state index contributed by atoms with van der Waals surface area (Å²) in [5.74, 6) is 0. The summed E-state index contributed by atoms with van der Waals surface area (Å²) in [6, 6.07) is 0. The number of aromatic nitrogens is 4. The summed E-state index contributed by atoms with van der Waals surface area (Å²) in [5.41, 5.74) is 0. The Hall–Kier alpha value is -1.02. The summed E-state index contributed by atoms with van der Waals surface area (Å²) in [7, 11) is -2.18. The summed E-state index contributed by atoms with van der Waals surface area (Å²) >= 11 is 4.67. The van der Waals surface area contributed by atoms with Crippen molar-refractivity contribution in [3.8, 4) is 0 Å². The third-order valence-corrected chi connectivity index (χ3v) is 1.65. The van der Waals surface area contributed by atoms with Crippen molar-refractivity contribution in [3.63, 3.8) is 0 Å². The molecule has 11 heavy (non-hydrogen) atoms. The van der Waals surface area contributed by atoms with Crippen molar-refractivity contribution in [2.75, 3.05) is 0 Å². The van der Waals surface area contributed by atoms with Gasteiger partial charge in [0.25, 0.3) is 0 Å². The van der Waals surface area contributed by atoms with Crippen LogP contribution < -0.4 is 0 Å². The molecule has 0 fully saturated rings. The Balaban J connectivity index is 2.89. The molecule has 1 heterocycles. The molecule has 0 aromatic carbocycles. The fourth-order valence-corrected chi connectivity index (χ4v) is 0.897. The smallest absolute Gasteiger partial charge is 0.238 e. The minimum absolute atomic E-state index is 0.141.